The van der Waals surface area contributed by atoms with Gasteiger partial charge < -0.3 is 18.9 Å². The molecule has 3 unspecified atom stereocenters. The number of halogens is 2. The van der Waals surface area contributed by atoms with Crippen molar-refractivity contribution in [1.29, 1.82) is 0 Å². The van der Waals surface area contributed by atoms with E-state index in [4.69, 9.17) is 18.9 Å². The molecule has 2 heterocycles. The Hall–Kier alpha value is -3.09. The third-order valence-corrected chi connectivity index (χ3v) is 5.22. The molecule has 1 N–H and O–H groups in total. The second kappa shape index (κ2) is 12.7. The number of amides is 1. The van der Waals surface area contributed by atoms with E-state index in [2.05, 4.69) is 10.3 Å². The van der Waals surface area contributed by atoms with Crippen LogP contribution >= 0.6 is 0 Å². The van der Waals surface area contributed by atoms with Gasteiger partial charge in [-0.05, 0) is 12.5 Å². The second-order valence-corrected chi connectivity index (χ2v) is 8.97. The number of hydrogen-bond donors (Lipinski definition) is 1. The summed E-state index contributed by atoms with van der Waals surface area (Å²) in [7, 11) is 0. The number of ether oxygens (including phenoxy) is 4. The molecular weight excluding hydrogens is 484 g/mol. The lowest BCUT2D eigenvalue weighted by Crippen LogP contribution is -2.45. The lowest BCUT2D eigenvalue weighted by atomic mass is 10.1. The van der Waals surface area contributed by atoms with Crippen molar-refractivity contribution in [2.24, 2.45) is 11.8 Å². The average Bonchev–Trinajstić information content (AvgIpc) is 3.04. The molecule has 0 radical (unpaired) electrons. The van der Waals surface area contributed by atoms with E-state index in [1.54, 1.807) is 13.8 Å². The molecule has 202 valence electrons. The van der Waals surface area contributed by atoms with Gasteiger partial charge in [0.05, 0.1) is 18.4 Å². The standard InChI is InChI=1S/C23H33F2N3O8/c1-6-7-8-11-33-22(32)27-16-9-10-28(21(31)26-16)20-23(24,25)17(36-19(30)14(4)5)15(35-20)12-34-18(29)13(2)3/h9-10,13-15,17,20H,6-8,11-12H2,1-5H3,(H,26,27,31,32). The highest BCUT2D eigenvalue weighted by Crippen LogP contribution is 2.44. The first-order valence-electron chi connectivity index (χ1n) is 11.8. The molecule has 0 spiro atoms. The molecule has 1 saturated heterocycles. The lowest BCUT2D eigenvalue weighted by molar-refractivity contribution is -0.180. The number of nitrogens with zero attached hydrogens (tertiary/aromatic N) is 2. The fourth-order valence-electron chi connectivity index (χ4n) is 3.16. The van der Waals surface area contributed by atoms with Gasteiger partial charge in [-0.15, -0.1) is 0 Å². The minimum absolute atomic E-state index is 0.179. The minimum atomic E-state index is -3.88. The number of esters is 2. The predicted octanol–water partition coefficient (Wildman–Crippen LogP) is 3.28. The zero-order valence-corrected chi connectivity index (χ0v) is 21.0. The highest BCUT2D eigenvalue weighted by atomic mass is 19.3. The average molecular weight is 518 g/mol. The predicted molar refractivity (Wildman–Crippen MR) is 122 cm³/mol. The van der Waals surface area contributed by atoms with Crippen LogP contribution in [0.3, 0.4) is 0 Å². The van der Waals surface area contributed by atoms with Crippen LogP contribution in [-0.4, -0.2) is 58.9 Å². The molecule has 1 amide bonds. The van der Waals surface area contributed by atoms with Crippen LogP contribution in [0.5, 0.6) is 0 Å². The first-order chi connectivity index (χ1) is 16.9. The van der Waals surface area contributed by atoms with Crippen molar-refractivity contribution in [2.45, 2.75) is 78.2 Å². The number of anilines is 1. The summed E-state index contributed by atoms with van der Waals surface area (Å²) >= 11 is 0. The van der Waals surface area contributed by atoms with E-state index in [9.17, 15) is 19.2 Å². The molecule has 1 aromatic heterocycles. The molecule has 0 aliphatic carbocycles. The number of aromatic nitrogens is 2. The SMILES string of the molecule is CCCCCOC(=O)Nc1ccn(C2OC(COC(=O)C(C)C)C(OC(=O)C(C)C)C2(F)F)c(=O)n1. The van der Waals surface area contributed by atoms with E-state index in [1.165, 1.54) is 13.8 Å². The third-order valence-electron chi connectivity index (χ3n) is 5.22. The van der Waals surface area contributed by atoms with Gasteiger partial charge in [0.25, 0.3) is 0 Å². The molecule has 1 aromatic rings. The van der Waals surface area contributed by atoms with Crippen LogP contribution < -0.4 is 11.0 Å². The fourth-order valence-corrected chi connectivity index (χ4v) is 3.16. The van der Waals surface area contributed by atoms with Crippen LogP contribution in [0.4, 0.5) is 19.4 Å². The van der Waals surface area contributed by atoms with Crippen LogP contribution in [0, 0.1) is 11.8 Å². The van der Waals surface area contributed by atoms with E-state index < -0.39 is 66.5 Å². The largest absolute Gasteiger partial charge is 0.463 e. The smallest absolute Gasteiger partial charge is 0.412 e. The summed E-state index contributed by atoms with van der Waals surface area (Å²) in [5, 5.41) is 2.26. The highest BCUT2D eigenvalue weighted by Gasteiger charge is 2.63. The fraction of sp³-hybridized carbons (Fsp3) is 0.696. The van der Waals surface area contributed by atoms with Crippen LogP contribution in [0.25, 0.3) is 0 Å². The van der Waals surface area contributed by atoms with Gasteiger partial charge in [0.2, 0.25) is 6.23 Å². The Labute approximate surface area is 207 Å². The molecule has 1 aliphatic heterocycles. The first kappa shape index (κ1) is 29.1. The van der Waals surface area contributed by atoms with E-state index in [0.717, 1.165) is 25.1 Å². The zero-order chi connectivity index (χ0) is 27.0. The number of carbonyl (C=O) groups excluding carboxylic acids is 3. The zero-order valence-electron chi connectivity index (χ0n) is 21.0. The summed E-state index contributed by atoms with van der Waals surface area (Å²) in [5.74, 6) is -6.89. The van der Waals surface area contributed by atoms with Crippen LogP contribution in [0.1, 0.15) is 60.1 Å². The normalized spacial score (nSPS) is 20.9. The summed E-state index contributed by atoms with van der Waals surface area (Å²) < 4.78 is 51.7. The summed E-state index contributed by atoms with van der Waals surface area (Å²) in [4.78, 5) is 51.9. The summed E-state index contributed by atoms with van der Waals surface area (Å²) in [6.07, 6.45) is -3.27. The van der Waals surface area contributed by atoms with E-state index in [1.807, 2.05) is 6.92 Å². The Morgan fingerprint density at radius 2 is 1.81 bits per heavy atom. The Bertz CT molecular complexity index is 982. The number of hydrogen-bond acceptors (Lipinski definition) is 9. The van der Waals surface area contributed by atoms with Gasteiger partial charge in [-0.1, -0.05) is 47.5 Å². The van der Waals surface area contributed by atoms with Crippen molar-refractivity contribution in [1.82, 2.24) is 9.55 Å². The lowest BCUT2D eigenvalue weighted by Gasteiger charge is -2.25. The van der Waals surface area contributed by atoms with Crippen molar-refractivity contribution >= 4 is 23.8 Å². The number of unbranched alkanes of at least 4 members (excludes halogenated alkanes) is 2. The van der Waals surface area contributed by atoms with Gasteiger partial charge in [0, 0.05) is 6.20 Å². The molecule has 11 nitrogen and oxygen atoms in total. The van der Waals surface area contributed by atoms with Crippen molar-refractivity contribution in [3.8, 4) is 0 Å². The minimum Gasteiger partial charge on any atom is -0.463 e. The molecule has 0 aromatic carbocycles. The Balaban J connectivity index is 2.22. The van der Waals surface area contributed by atoms with Gasteiger partial charge >= 0.3 is 29.6 Å². The van der Waals surface area contributed by atoms with Gasteiger partial charge in [0.1, 0.15) is 18.5 Å². The number of carbonyl (C=O) groups is 3. The van der Waals surface area contributed by atoms with Crippen molar-refractivity contribution < 1.29 is 42.1 Å². The maximum Gasteiger partial charge on any atom is 0.412 e. The first-order valence-corrected chi connectivity index (χ1v) is 11.8. The van der Waals surface area contributed by atoms with Gasteiger partial charge in [-0.2, -0.15) is 13.8 Å². The van der Waals surface area contributed by atoms with Crippen molar-refractivity contribution in [3.05, 3.63) is 22.7 Å². The Kier molecular flexibility index (Phi) is 10.3. The maximum atomic E-state index is 15.4. The van der Waals surface area contributed by atoms with Gasteiger partial charge in [-0.25, -0.2) is 9.59 Å². The van der Waals surface area contributed by atoms with Gasteiger partial charge in [-0.3, -0.25) is 19.5 Å². The maximum absolute atomic E-state index is 15.4. The van der Waals surface area contributed by atoms with Gasteiger partial charge in [0.15, 0.2) is 6.10 Å². The molecule has 1 aliphatic rings. The molecule has 36 heavy (non-hydrogen) atoms. The van der Waals surface area contributed by atoms with Crippen molar-refractivity contribution in [3.63, 3.8) is 0 Å². The van der Waals surface area contributed by atoms with E-state index >= 15 is 8.78 Å². The molecule has 0 bridgehead atoms. The number of nitrogens with one attached hydrogen (secondary N) is 1. The van der Waals surface area contributed by atoms with Crippen LogP contribution in [-0.2, 0) is 28.5 Å². The number of alkyl halides is 2. The Morgan fingerprint density at radius 3 is 2.39 bits per heavy atom. The summed E-state index contributed by atoms with van der Waals surface area (Å²) in [6.45, 7) is 7.62. The molecule has 0 saturated carbocycles. The molecule has 3 atom stereocenters. The van der Waals surface area contributed by atoms with Crippen LogP contribution in [0.2, 0.25) is 0 Å². The quantitative estimate of drug-likeness (QED) is 0.266. The summed E-state index contributed by atoms with van der Waals surface area (Å²) in [5.41, 5.74) is -1.16. The number of rotatable bonds is 11. The van der Waals surface area contributed by atoms with E-state index in [0.29, 0.717) is 11.0 Å². The highest BCUT2D eigenvalue weighted by molar-refractivity contribution is 5.83. The Morgan fingerprint density at radius 1 is 1.14 bits per heavy atom. The van der Waals surface area contributed by atoms with Crippen molar-refractivity contribution in [2.75, 3.05) is 18.5 Å². The summed E-state index contributed by atoms with van der Waals surface area (Å²) in [6, 6.07) is 1.12. The molecule has 1 fully saturated rings. The monoisotopic (exact) mass is 517 g/mol. The second-order valence-electron chi connectivity index (χ2n) is 8.97. The molecule has 2 rings (SSSR count). The van der Waals surface area contributed by atoms with E-state index in [-0.39, 0.29) is 12.4 Å². The molecule has 13 heteroatoms. The third kappa shape index (κ3) is 7.45. The van der Waals surface area contributed by atoms with Crippen LogP contribution in [0.15, 0.2) is 17.1 Å². The topological polar surface area (TPSA) is 135 Å². The molecular formula is C23H33F2N3O8.